The number of aryl methyl sites for hydroxylation is 1. The van der Waals surface area contributed by atoms with Crippen LogP contribution in [0.4, 0.5) is 0 Å². The molecule has 0 aromatic carbocycles. The van der Waals surface area contributed by atoms with Gasteiger partial charge in [0.05, 0.1) is 12.3 Å². The highest BCUT2D eigenvalue weighted by molar-refractivity contribution is 6.42. The first-order chi connectivity index (χ1) is 6.70. The average molecular weight is 196 g/mol. The average Bonchev–Trinajstić information content (AvgIpc) is 2.54. The van der Waals surface area contributed by atoms with Crippen LogP contribution < -0.4 is 0 Å². The van der Waals surface area contributed by atoms with Gasteiger partial charge in [0.1, 0.15) is 0 Å². The number of nitrogens with zero attached hydrogens (tertiary/aromatic N) is 2. The van der Waals surface area contributed by atoms with Crippen molar-refractivity contribution in [1.82, 2.24) is 4.57 Å². The molecule has 0 amide bonds. The standard InChI is InChI=1S/C9H12N2O3/c1-3-14-9(12)8(10-13)7-5-4-6-11(7)2/h4-6,13H,3H2,1-2H3/b10-8-. The van der Waals surface area contributed by atoms with Crippen LogP contribution in [-0.2, 0) is 16.6 Å². The van der Waals surface area contributed by atoms with Crippen LogP contribution in [0.15, 0.2) is 23.5 Å². The molecule has 0 bridgehead atoms. The summed E-state index contributed by atoms with van der Waals surface area (Å²) < 4.78 is 6.40. The van der Waals surface area contributed by atoms with Crippen molar-refractivity contribution >= 4 is 11.7 Å². The molecule has 0 atom stereocenters. The number of esters is 1. The van der Waals surface area contributed by atoms with Crippen molar-refractivity contribution in [1.29, 1.82) is 0 Å². The number of carbonyl (C=O) groups is 1. The van der Waals surface area contributed by atoms with E-state index >= 15 is 0 Å². The van der Waals surface area contributed by atoms with Gasteiger partial charge in [-0.25, -0.2) is 4.79 Å². The van der Waals surface area contributed by atoms with E-state index in [0.29, 0.717) is 5.69 Å². The molecule has 76 valence electrons. The second-order valence-electron chi connectivity index (χ2n) is 2.67. The Bertz CT molecular complexity index is 355. The molecule has 5 nitrogen and oxygen atoms in total. The summed E-state index contributed by atoms with van der Waals surface area (Å²) in [6.07, 6.45) is 1.75. The molecule has 0 radical (unpaired) electrons. The van der Waals surface area contributed by atoms with E-state index in [9.17, 15) is 4.79 Å². The first kappa shape index (κ1) is 10.3. The number of aromatic nitrogens is 1. The molecule has 1 aromatic heterocycles. The molecule has 0 aliphatic heterocycles. The van der Waals surface area contributed by atoms with Gasteiger partial charge in [-0.15, -0.1) is 0 Å². The van der Waals surface area contributed by atoms with Crippen LogP contribution >= 0.6 is 0 Å². The highest BCUT2D eigenvalue weighted by atomic mass is 16.5. The minimum Gasteiger partial charge on any atom is -0.461 e. The van der Waals surface area contributed by atoms with Gasteiger partial charge >= 0.3 is 5.97 Å². The molecule has 0 unspecified atom stereocenters. The molecule has 0 aliphatic rings. The minimum absolute atomic E-state index is 0.0839. The first-order valence-corrected chi connectivity index (χ1v) is 4.21. The predicted octanol–water partition coefficient (Wildman–Crippen LogP) is 0.767. The third-order valence-corrected chi connectivity index (χ3v) is 1.76. The number of rotatable bonds is 3. The van der Waals surface area contributed by atoms with Crippen molar-refractivity contribution in [2.75, 3.05) is 6.61 Å². The lowest BCUT2D eigenvalue weighted by atomic mass is 10.3. The molecule has 1 aromatic rings. The van der Waals surface area contributed by atoms with Crippen LogP contribution in [0.1, 0.15) is 12.6 Å². The molecule has 14 heavy (non-hydrogen) atoms. The van der Waals surface area contributed by atoms with Gasteiger partial charge in [0, 0.05) is 13.2 Å². The second kappa shape index (κ2) is 4.45. The van der Waals surface area contributed by atoms with E-state index in [0.717, 1.165) is 0 Å². The maximum atomic E-state index is 11.3. The topological polar surface area (TPSA) is 63.8 Å². The van der Waals surface area contributed by atoms with Crippen molar-refractivity contribution in [3.8, 4) is 0 Å². The van der Waals surface area contributed by atoms with Crippen LogP contribution in [-0.4, -0.2) is 28.1 Å². The fraction of sp³-hybridized carbons (Fsp3) is 0.333. The van der Waals surface area contributed by atoms with Gasteiger partial charge in [-0.05, 0) is 19.1 Å². The molecule has 0 saturated heterocycles. The fourth-order valence-electron chi connectivity index (χ4n) is 1.10. The van der Waals surface area contributed by atoms with E-state index < -0.39 is 5.97 Å². The summed E-state index contributed by atoms with van der Waals surface area (Å²) in [6, 6.07) is 3.42. The first-order valence-electron chi connectivity index (χ1n) is 4.21. The van der Waals surface area contributed by atoms with E-state index in [-0.39, 0.29) is 12.3 Å². The van der Waals surface area contributed by atoms with Gasteiger partial charge in [0.15, 0.2) is 0 Å². The molecule has 1 N–H and O–H groups in total. The molecular weight excluding hydrogens is 184 g/mol. The van der Waals surface area contributed by atoms with Crippen LogP contribution in [0.5, 0.6) is 0 Å². The smallest absolute Gasteiger partial charge is 0.362 e. The Kier molecular flexibility index (Phi) is 3.28. The summed E-state index contributed by atoms with van der Waals surface area (Å²) in [5, 5.41) is 11.6. The van der Waals surface area contributed by atoms with E-state index in [4.69, 9.17) is 9.94 Å². The minimum atomic E-state index is -0.628. The summed E-state index contributed by atoms with van der Waals surface area (Å²) in [5.74, 6) is -0.628. The van der Waals surface area contributed by atoms with Crippen molar-refractivity contribution in [2.24, 2.45) is 12.2 Å². The Morgan fingerprint density at radius 1 is 1.71 bits per heavy atom. The SMILES string of the molecule is CCOC(=O)/C(=N\O)c1cccn1C. The quantitative estimate of drug-likeness (QED) is 0.336. The number of hydrogen-bond donors (Lipinski definition) is 1. The Hall–Kier alpha value is -1.78. The molecule has 1 rings (SSSR count). The fourth-order valence-corrected chi connectivity index (χ4v) is 1.10. The lowest BCUT2D eigenvalue weighted by Crippen LogP contribution is -2.21. The van der Waals surface area contributed by atoms with Gasteiger partial charge in [0.25, 0.3) is 0 Å². The Balaban J connectivity index is 2.95. The normalized spacial score (nSPS) is 11.4. The predicted molar refractivity (Wildman–Crippen MR) is 50.4 cm³/mol. The van der Waals surface area contributed by atoms with Crippen molar-refractivity contribution in [3.63, 3.8) is 0 Å². The van der Waals surface area contributed by atoms with Gasteiger partial charge in [-0.1, -0.05) is 5.16 Å². The number of ether oxygens (including phenoxy) is 1. The van der Waals surface area contributed by atoms with Crippen LogP contribution in [0.2, 0.25) is 0 Å². The zero-order valence-electron chi connectivity index (χ0n) is 8.10. The summed E-state index contributed by atoms with van der Waals surface area (Å²) in [7, 11) is 1.75. The van der Waals surface area contributed by atoms with Crippen LogP contribution in [0.3, 0.4) is 0 Å². The van der Waals surface area contributed by atoms with E-state index in [1.165, 1.54) is 0 Å². The van der Waals surface area contributed by atoms with Crippen molar-refractivity contribution < 1.29 is 14.7 Å². The van der Waals surface area contributed by atoms with E-state index in [1.807, 2.05) is 0 Å². The van der Waals surface area contributed by atoms with E-state index in [2.05, 4.69) is 5.16 Å². The highest BCUT2D eigenvalue weighted by Crippen LogP contribution is 2.03. The third-order valence-electron chi connectivity index (χ3n) is 1.76. The zero-order chi connectivity index (χ0) is 10.6. The molecule has 0 saturated carbocycles. The summed E-state index contributed by atoms with van der Waals surface area (Å²) >= 11 is 0. The summed E-state index contributed by atoms with van der Waals surface area (Å²) in [4.78, 5) is 11.3. The number of hydrogen-bond acceptors (Lipinski definition) is 4. The van der Waals surface area contributed by atoms with Crippen LogP contribution in [0.25, 0.3) is 0 Å². The summed E-state index contributed by atoms with van der Waals surface area (Å²) in [6.45, 7) is 1.94. The van der Waals surface area contributed by atoms with Crippen molar-refractivity contribution in [3.05, 3.63) is 24.0 Å². The lowest BCUT2D eigenvalue weighted by molar-refractivity contribution is -0.135. The van der Waals surface area contributed by atoms with Crippen LogP contribution in [0, 0.1) is 0 Å². The summed E-state index contributed by atoms with van der Waals surface area (Å²) in [5.41, 5.74) is 0.435. The molecule has 0 aliphatic carbocycles. The maximum Gasteiger partial charge on any atom is 0.362 e. The molecule has 0 spiro atoms. The van der Waals surface area contributed by atoms with Gasteiger partial charge in [-0.3, -0.25) is 0 Å². The maximum absolute atomic E-state index is 11.3. The second-order valence-corrected chi connectivity index (χ2v) is 2.67. The Labute approximate surface area is 81.6 Å². The lowest BCUT2D eigenvalue weighted by Gasteiger charge is -2.04. The molecule has 5 heteroatoms. The van der Waals surface area contributed by atoms with Crippen molar-refractivity contribution in [2.45, 2.75) is 6.92 Å². The Morgan fingerprint density at radius 2 is 2.43 bits per heavy atom. The van der Waals surface area contributed by atoms with Gasteiger partial charge < -0.3 is 14.5 Å². The highest BCUT2D eigenvalue weighted by Gasteiger charge is 2.18. The monoisotopic (exact) mass is 196 g/mol. The number of carbonyl (C=O) groups excluding carboxylic acids is 1. The number of oxime groups is 1. The zero-order valence-corrected chi connectivity index (χ0v) is 8.10. The molecular formula is C9H12N2O3. The molecule has 1 heterocycles. The third kappa shape index (κ3) is 1.93. The Morgan fingerprint density at radius 3 is 2.86 bits per heavy atom. The largest absolute Gasteiger partial charge is 0.461 e. The molecule has 0 fully saturated rings. The van der Waals surface area contributed by atoms with Gasteiger partial charge in [-0.2, -0.15) is 0 Å². The van der Waals surface area contributed by atoms with E-state index in [1.54, 1.807) is 36.9 Å². The van der Waals surface area contributed by atoms with Gasteiger partial charge in [0.2, 0.25) is 5.71 Å².